The molecule has 0 amide bonds. The maximum Gasteiger partial charge on any atom is 0.238 e. The molecule has 0 saturated heterocycles. The molecule has 0 aliphatic rings. The zero-order valence-electron chi connectivity index (χ0n) is 16.6. The van der Waals surface area contributed by atoms with Crippen LogP contribution in [0.3, 0.4) is 0 Å². The molecule has 0 aliphatic carbocycles. The molecule has 4 heteroatoms. The van der Waals surface area contributed by atoms with Crippen LogP contribution in [0.15, 0.2) is 94.3 Å². The monoisotopic (exact) mass is 392 g/mol. The van der Waals surface area contributed by atoms with Gasteiger partial charge in [0.2, 0.25) is 5.88 Å². The summed E-state index contributed by atoms with van der Waals surface area (Å²) in [6, 6.07) is 29.5. The number of aliphatic imine (C=N–C) groups is 1. The minimum Gasteiger partial charge on any atom is -0.493 e. The molecule has 0 fully saturated rings. The van der Waals surface area contributed by atoms with Gasteiger partial charge in [-0.3, -0.25) is 0 Å². The highest BCUT2D eigenvalue weighted by molar-refractivity contribution is 5.90. The normalized spacial score (nSPS) is 10.8. The molecular weight excluding hydrogens is 372 g/mol. The van der Waals surface area contributed by atoms with Crippen molar-refractivity contribution in [3.05, 3.63) is 96.1 Å². The molecule has 0 spiro atoms. The van der Waals surface area contributed by atoms with E-state index < -0.39 is 0 Å². The Morgan fingerprint density at radius 1 is 0.900 bits per heavy atom. The maximum atomic E-state index is 9.95. The van der Waals surface area contributed by atoms with Crippen LogP contribution in [0, 0.1) is 11.3 Å². The zero-order valence-corrected chi connectivity index (χ0v) is 16.6. The largest absolute Gasteiger partial charge is 0.493 e. The van der Waals surface area contributed by atoms with Crippen LogP contribution in [-0.2, 0) is 0 Å². The van der Waals surface area contributed by atoms with Crippen molar-refractivity contribution in [1.29, 1.82) is 5.26 Å². The summed E-state index contributed by atoms with van der Waals surface area (Å²) in [5.74, 6) is 1.64. The van der Waals surface area contributed by atoms with Crippen LogP contribution in [0.25, 0.3) is 22.5 Å². The quantitative estimate of drug-likeness (QED) is 0.346. The smallest absolute Gasteiger partial charge is 0.238 e. The second-order valence-corrected chi connectivity index (χ2v) is 6.56. The predicted octanol–water partition coefficient (Wildman–Crippen LogP) is 6.63. The third kappa shape index (κ3) is 3.87. The highest BCUT2D eigenvalue weighted by Gasteiger charge is 2.22. The van der Waals surface area contributed by atoms with Gasteiger partial charge in [-0.2, -0.15) is 5.26 Å². The molecule has 4 nitrogen and oxygen atoms in total. The van der Waals surface area contributed by atoms with E-state index >= 15 is 0 Å². The average Bonchev–Trinajstić information content (AvgIpc) is 3.18. The second kappa shape index (κ2) is 8.93. The molecule has 0 bridgehead atoms. The van der Waals surface area contributed by atoms with E-state index in [1.54, 1.807) is 6.21 Å². The molecule has 0 radical (unpaired) electrons. The number of ether oxygens (including phenoxy) is 1. The predicted molar refractivity (Wildman–Crippen MR) is 119 cm³/mol. The van der Waals surface area contributed by atoms with Crippen LogP contribution < -0.4 is 4.74 Å². The summed E-state index contributed by atoms with van der Waals surface area (Å²) >= 11 is 0. The maximum absolute atomic E-state index is 9.95. The fourth-order valence-electron chi connectivity index (χ4n) is 3.29. The van der Waals surface area contributed by atoms with Gasteiger partial charge in [-0.1, -0.05) is 72.8 Å². The third-order valence-electron chi connectivity index (χ3n) is 4.64. The molecule has 0 aliphatic heterocycles. The lowest BCUT2D eigenvalue weighted by Gasteiger charge is -2.05. The lowest BCUT2D eigenvalue weighted by Crippen LogP contribution is -1.95. The Balaban J connectivity index is 1.86. The standard InChI is InChI=1S/C26H20N2O2/c1-2-29-23-16-10-9-15-21(23)18-28-26-22(17-27)24(19-11-5-3-6-12-19)25(30-26)20-13-7-4-8-14-20/h3-16,18H,2H2,1H3. The van der Waals surface area contributed by atoms with E-state index in [0.717, 1.165) is 28.0 Å². The van der Waals surface area contributed by atoms with E-state index in [1.165, 1.54) is 0 Å². The van der Waals surface area contributed by atoms with Crippen molar-refractivity contribution in [1.82, 2.24) is 0 Å². The molecule has 0 unspecified atom stereocenters. The number of benzene rings is 3. The number of hydrogen-bond donors (Lipinski definition) is 0. The zero-order chi connectivity index (χ0) is 20.8. The first-order valence-corrected chi connectivity index (χ1v) is 9.75. The highest BCUT2D eigenvalue weighted by Crippen LogP contribution is 2.42. The summed E-state index contributed by atoms with van der Waals surface area (Å²) < 4.78 is 11.8. The molecule has 30 heavy (non-hydrogen) atoms. The molecule has 4 aromatic rings. The third-order valence-corrected chi connectivity index (χ3v) is 4.64. The highest BCUT2D eigenvalue weighted by atomic mass is 16.5. The SMILES string of the molecule is CCOc1ccccc1C=Nc1oc(-c2ccccc2)c(-c2ccccc2)c1C#N. The van der Waals surface area contributed by atoms with E-state index in [4.69, 9.17) is 9.15 Å². The van der Waals surface area contributed by atoms with Gasteiger partial charge in [0.05, 0.1) is 6.61 Å². The summed E-state index contributed by atoms with van der Waals surface area (Å²) in [5, 5.41) is 9.95. The summed E-state index contributed by atoms with van der Waals surface area (Å²) in [5.41, 5.74) is 3.78. The van der Waals surface area contributed by atoms with Crippen LogP contribution in [-0.4, -0.2) is 12.8 Å². The lowest BCUT2D eigenvalue weighted by molar-refractivity contribution is 0.340. The fraction of sp³-hybridized carbons (Fsp3) is 0.0769. The van der Waals surface area contributed by atoms with E-state index in [9.17, 15) is 5.26 Å². The van der Waals surface area contributed by atoms with Crippen molar-refractivity contribution in [3.8, 4) is 34.3 Å². The average molecular weight is 392 g/mol. The minimum absolute atomic E-state index is 0.279. The van der Waals surface area contributed by atoms with Crippen LogP contribution >= 0.6 is 0 Å². The van der Waals surface area contributed by atoms with Crippen molar-refractivity contribution in [2.24, 2.45) is 4.99 Å². The van der Waals surface area contributed by atoms with E-state index in [-0.39, 0.29) is 5.88 Å². The number of nitrogens with zero attached hydrogens (tertiary/aromatic N) is 2. The van der Waals surface area contributed by atoms with Crippen LogP contribution in [0.1, 0.15) is 18.1 Å². The lowest BCUT2D eigenvalue weighted by atomic mass is 9.98. The molecule has 3 aromatic carbocycles. The Morgan fingerprint density at radius 3 is 2.20 bits per heavy atom. The second-order valence-electron chi connectivity index (χ2n) is 6.56. The molecule has 1 heterocycles. The van der Waals surface area contributed by atoms with Gasteiger partial charge in [0.1, 0.15) is 23.1 Å². The van der Waals surface area contributed by atoms with Gasteiger partial charge in [0, 0.05) is 22.9 Å². The Morgan fingerprint density at radius 2 is 1.53 bits per heavy atom. The Kier molecular flexibility index (Phi) is 5.73. The van der Waals surface area contributed by atoms with Crippen molar-refractivity contribution in [3.63, 3.8) is 0 Å². The first-order valence-electron chi connectivity index (χ1n) is 9.75. The van der Waals surface area contributed by atoms with Crippen LogP contribution in [0.2, 0.25) is 0 Å². The summed E-state index contributed by atoms with van der Waals surface area (Å²) in [7, 11) is 0. The molecule has 1 aromatic heterocycles. The van der Waals surface area contributed by atoms with Crippen molar-refractivity contribution in [2.45, 2.75) is 6.92 Å². The van der Waals surface area contributed by atoms with Crippen molar-refractivity contribution in [2.75, 3.05) is 6.61 Å². The number of hydrogen-bond acceptors (Lipinski definition) is 4. The molecule has 0 N–H and O–H groups in total. The molecule has 0 saturated carbocycles. The topological polar surface area (TPSA) is 58.5 Å². The van der Waals surface area contributed by atoms with Gasteiger partial charge >= 0.3 is 0 Å². The van der Waals surface area contributed by atoms with Gasteiger partial charge in [-0.25, -0.2) is 4.99 Å². The summed E-state index contributed by atoms with van der Waals surface area (Å²) in [4.78, 5) is 4.53. The first kappa shape index (κ1) is 19.2. The number of nitriles is 1. The van der Waals surface area contributed by atoms with Gasteiger partial charge in [0.25, 0.3) is 0 Å². The van der Waals surface area contributed by atoms with Gasteiger partial charge in [0.15, 0.2) is 0 Å². The molecular formula is C26H20N2O2. The Bertz CT molecular complexity index is 1200. The van der Waals surface area contributed by atoms with Crippen molar-refractivity contribution >= 4 is 12.1 Å². The first-order chi connectivity index (χ1) is 14.8. The van der Waals surface area contributed by atoms with Crippen LogP contribution in [0.4, 0.5) is 5.88 Å². The summed E-state index contributed by atoms with van der Waals surface area (Å²) in [6.45, 7) is 2.50. The van der Waals surface area contributed by atoms with Crippen molar-refractivity contribution < 1.29 is 9.15 Å². The van der Waals surface area contributed by atoms with E-state index in [2.05, 4.69) is 11.1 Å². The van der Waals surface area contributed by atoms with Gasteiger partial charge in [-0.05, 0) is 24.6 Å². The number of furan rings is 1. The van der Waals surface area contributed by atoms with Crippen LogP contribution in [0.5, 0.6) is 5.75 Å². The Hall–Kier alpha value is -4.10. The molecule has 146 valence electrons. The Labute approximate surface area is 175 Å². The number of para-hydroxylation sites is 1. The minimum atomic E-state index is 0.279. The van der Waals surface area contributed by atoms with E-state index in [1.807, 2.05) is 91.9 Å². The molecule has 4 rings (SSSR count). The fourth-order valence-corrected chi connectivity index (χ4v) is 3.29. The van der Waals surface area contributed by atoms with E-state index in [0.29, 0.717) is 17.9 Å². The molecule has 0 atom stereocenters. The number of rotatable bonds is 6. The van der Waals surface area contributed by atoms with Gasteiger partial charge < -0.3 is 9.15 Å². The van der Waals surface area contributed by atoms with Gasteiger partial charge in [-0.15, -0.1) is 0 Å². The summed E-state index contributed by atoms with van der Waals surface area (Å²) in [6.07, 6.45) is 1.67.